The second-order valence-corrected chi connectivity index (χ2v) is 5.23. The normalized spacial score (nSPS) is 11.0. The van der Waals surface area contributed by atoms with Gasteiger partial charge in [-0.1, -0.05) is 0 Å². The van der Waals surface area contributed by atoms with Gasteiger partial charge in [0.1, 0.15) is 16.5 Å². The molecule has 0 atom stereocenters. The van der Waals surface area contributed by atoms with Crippen LogP contribution in [0.3, 0.4) is 0 Å². The fourth-order valence-corrected chi connectivity index (χ4v) is 2.68. The van der Waals surface area contributed by atoms with Crippen molar-refractivity contribution >= 4 is 21.6 Å². The average molecular weight is 260 g/mol. The zero-order valence-corrected chi connectivity index (χ0v) is 10.3. The Labute approximate surface area is 106 Å². The molecule has 90 valence electrons. The van der Waals surface area contributed by atoms with Gasteiger partial charge < -0.3 is 4.98 Å². The van der Waals surface area contributed by atoms with Gasteiger partial charge >= 0.3 is 0 Å². The molecule has 2 aromatic heterocycles. The highest BCUT2D eigenvalue weighted by Crippen LogP contribution is 2.22. The minimum absolute atomic E-state index is 0.163. The lowest BCUT2D eigenvalue weighted by atomic mass is 10.2. The number of fused-ring (bicyclic) bond motifs is 1. The summed E-state index contributed by atoms with van der Waals surface area (Å²) in [6, 6.07) is 7.71. The quantitative estimate of drug-likeness (QED) is 0.730. The number of benzene rings is 1. The van der Waals surface area contributed by atoms with Crippen LogP contribution in [0, 0.1) is 12.7 Å². The average Bonchev–Trinajstić information content (AvgIpc) is 2.71. The van der Waals surface area contributed by atoms with Crippen molar-refractivity contribution in [3.63, 3.8) is 0 Å². The summed E-state index contributed by atoms with van der Waals surface area (Å²) in [6.45, 7) is 1.93. The third-order valence-electron chi connectivity index (χ3n) is 2.64. The standard InChI is InChI=1S/C13H9FN2OS/c1-7-6-10-12(17)15-11(16-13(10)18-7)8-2-4-9(14)5-3-8/h2-6H,1H3,(H,15,16,17). The number of halogens is 1. The van der Waals surface area contributed by atoms with E-state index in [1.807, 2.05) is 13.0 Å². The lowest BCUT2D eigenvalue weighted by Crippen LogP contribution is -2.07. The fraction of sp³-hybridized carbons (Fsp3) is 0.0769. The number of nitrogens with one attached hydrogen (secondary N) is 1. The number of hydrogen-bond donors (Lipinski definition) is 1. The predicted octanol–water partition coefficient (Wildman–Crippen LogP) is 3.10. The van der Waals surface area contributed by atoms with Gasteiger partial charge in [-0.05, 0) is 37.3 Å². The van der Waals surface area contributed by atoms with E-state index in [0.717, 1.165) is 4.88 Å². The number of aromatic amines is 1. The highest BCUT2D eigenvalue weighted by molar-refractivity contribution is 7.18. The minimum atomic E-state index is -0.311. The lowest BCUT2D eigenvalue weighted by Gasteiger charge is -2.00. The van der Waals surface area contributed by atoms with Crippen LogP contribution in [0.4, 0.5) is 4.39 Å². The van der Waals surface area contributed by atoms with E-state index in [4.69, 9.17) is 0 Å². The molecule has 1 N–H and O–H groups in total. The molecule has 5 heteroatoms. The maximum absolute atomic E-state index is 12.8. The third kappa shape index (κ3) is 1.82. The molecule has 0 fully saturated rings. The number of nitrogens with zero attached hydrogens (tertiary/aromatic N) is 1. The third-order valence-corrected chi connectivity index (χ3v) is 3.59. The second kappa shape index (κ2) is 4.03. The van der Waals surface area contributed by atoms with E-state index in [1.165, 1.54) is 23.5 Å². The number of hydrogen-bond acceptors (Lipinski definition) is 3. The van der Waals surface area contributed by atoms with Crippen molar-refractivity contribution in [1.29, 1.82) is 0 Å². The molecule has 0 aliphatic carbocycles. The first kappa shape index (κ1) is 11.1. The number of aryl methyl sites for hydroxylation is 1. The summed E-state index contributed by atoms with van der Waals surface area (Å²) in [5.41, 5.74) is 0.533. The van der Waals surface area contributed by atoms with E-state index in [1.54, 1.807) is 12.1 Å². The molecule has 0 radical (unpaired) electrons. The predicted molar refractivity (Wildman–Crippen MR) is 70.4 cm³/mol. The highest BCUT2D eigenvalue weighted by Gasteiger charge is 2.08. The molecule has 0 aliphatic heterocycles. The first-order valence-corrected chi connectivity index (χ1v) is 6.21. The van der Waals surface area contributed by atoms with E-state index >= 15 is 0 Å². The van der Waals surface area contributed by atoms with Crippen LogP contribution in [0.25, 0.3) is 21.6 Å². The van der Waals surface area contributed by atoms with E-state index in [-0.39, 0.29) is 11.4 Å². The lowest BCUT2D eigenvalue weighted by molar-refractivity contribution is 0.628. The van der Waals surface area contributed by atoms with Gasteiger partial charge in [0.2, 0.25) is 0 Å². The van der Waals surface area contributed by atoms with Crippen molar-refractivity contribution in [2.75, 3.05) is 0 Å². The molecule has 0 aliphatic rings. The molecule has 2 heterocycles. The molecular formula is C13H9FN2OS. The molecule has 3 rings (SSSR count). The van der Waals surface area contributed by atoms with E-state index in [9.17, 15) is 9.18 Å². The van der Waals surface area contributed by atoms with Crippen molar-refractivity contribution in [3.05, 3.63) is 51.4 Å². The first-order chi connectivity index (χ1) is 8.63. The Hall–Kier alpha value is -2.01. The largest absolute Gasteiger partial charge is 0.306 e. The zero-order valence-electron chi connectivity index (χ0n) is 9.53. The molecule has 0 bridgehead atoms. The Morgan fingerprint density at radius 3 is 2.72 bits per heavy atom. The van der Waals surface area contributed by atoms with Crippen LogP contribution in [-0.4, -0.2) is 9.97 Å². The number of rotatable bonds is 1. The van der Waals surface area contributed by atoms with Crippen molar-refractivity contribution in [1.82, 2.24) is 9.97 Å². The van der Waals surface area contributed by atoms with Crippen LogP contribution < -0.4 is 5.56 Å². The van der Waals surface area contributed by atoms with Crippen LogP contribution in [0.2, 0.25) is 0 Å². The topological polar surface area (TPSA) is 45.8 Å². The number of H-pyrrole nitrogens is 1. The van der Waals surface area contributed by atoms with Crippen molar-refractivity contribution < 1.29 is 4.39 Å². The summed E-state index contributed by atoms with van der Waals surface area (Å²) in [7, 11) is 0. The van der Waals surface area contributed by atoms with Crippen LogP contribution in [0.1, 0.15) is 4.88 Å². The van der Waals surface area contributed by atoms with Gasteiger partial charge in [-0.25, -0.2) is 9.37 Å². The molecule has 0 saturated heterocycles. The van der Waals surface area contributed by atoms with Crippen molar-refractivity contribution in [2.45, 2.75) is 6.92 Å². The minimum Gasteiger partial charge on any atom is -0.306 e. The summed E-state index contributed by atoms with van der Waals surface area (Å²) in [5, 5.41) is 0.600. The summed E-state index contributed by atoms with van der Waals surface area (Å²) in [4.78, 5) is 20.7. The molecule has 3 nitrogen and oxygen atoms in total. The van der Waals surface area contributed by atoms with Gasteiger partial charge in [0, 0.05) is 10.4 Å². The Balaban J connectivity index is 2.24. The Morgan fingerprint density at radius 1 is 1.28 bits per heavy atom. The zero-order chi connectivity index (χ0) is 12.7. The second-order valence-electron chi connectivity index (χ2n) is 4.00. The number of thiophene rings is 1. The molecule has 0 saturated carbocycles. The molecule has 1 aromatic carbocycles. The van der Waals surface area contributed by atoms with E-state index in [0.29, 0.717) is 21.6 Å². The van der Waals surface area contributed by atoms with Crippen LogP contribution in [-0.2, 0) is 0 Å². The van der Waals surface area contributed by atoms with Crippen LogP contribution >= 0.6 is 11.3 Å². The van der Waals surface area contributed by atoms with Gasteiger partial charge in [-0.15, -0.1) is 11.3 Å². The van der Waals surface area contributed by atoms with Gasteiger partial charge in [-0.3, -0.25) is 4.79 Å². The van der Waals surface area contributed by atoms with Crippen molar-refractivity contribution in [2.24, 2.45) is 0 Å². The van der Waals surface area contributed by atoms with E-state index < -0.39 is 0 Å². The molecule has 0 amide bonds. The Morgan fingerprint density at radius 2 is 2.00 bits per heavy atom. The Bertz CT molecular complexity index is 774. The van der Waals surface area contributed by atoms with Gasteiger partial charge in [0.15, 0.2) is 0 Å². The molecule has 3 aromatic rings. The smallest absolute Gasteiger partial charge is 0.259 e. The molecule has 18 heavy (non-hydrogen) atoms. The van der Waals surface area contributed by atoms with Gasteiger partial charge in [-0.2, -0.15) is 0 Å². The maximum atomic E-state index is 12.8. The summed E-state index contributed by atoms with van der Waals surface area (Å²) >= 11 is 1.47. The monoisotopic (exact) mass is 260 g/mol. The van der Waals surface area contributed by atoms with Crippen molar-refractivity contribution in [3.8, 4) is 11.4 Å². The first-order valence-electron chi connectivity index (χ1n) is 5.40. The fourth-order valence-electron chi connectivity index (χ4n) is 1.80. The number of aromatic nitrogens is 2. The van der Waals surface area contributed by atoms with Gasteiger partial charge in [0.05, 0.1) is 5.39 Å². The van der Waals surface area contributed by atoms with E-state index in [2.05, 4.69) is 9.97 Å². The Kier molecular flexibility index (Phi) is 2.48. The SMILES string of the molecule is Cc1cc2c(=O)[nH]c(-c3ccc(F)cc3)nc2s1. The summed E-state index contributed by atoms with van der Waals surface area (Å²) in [6.07, 6.45) is 0. The van der Waals surface area contributed by atoms with Crippen LogP contribution in [0.5, 0.6) is 0 Å². The molecule has 0 unspecified atom stereocenters. The van der Waals surface area contributed by atoms with Crippen LogP contribution in [0.15, 0.2) is 35.1 Å². The maximum Gasteiger partial charge on any atom is 0.259 e. The molecular weight excluding hydrogens is 251 g/mol. The molecule has 0 spiro atoms. The summed E-state index contributed by atoms with van der Waals surface area (Å²) in [5.74, 6) is 0.156. The van der Waals surface area contributed by atoms with Gasteiger partial charge in [0.25, 0.3) is 5.56 Å². The highest BCUT2D eigenvalue weighted by atomic mass is 32.1. The summed E-state index contributed by atoms with van der Waals surface area (Å²) < 4.78 is 12.8.